The Bertz CT molecular complexity index is 443. The van der Waals surface area contributed by atoms with Gasteiger partial charge in [0.15, 0.2) is 0 Å². The molecule has 0 unspecified atom stereocenters. The Morgan fingerprint density at radius 2 is 1.84 bits per heavy atom. The SMILES string of the molecule is CNC(=O)N(C(=O)c1ccccc1)N1CCNCC1. The van der Waals surface area contributed by atoms with E-state index < -0.39 is 6.03 Å². The maximum Gasteiger partial charge on any atom is 0.339 e. The van der Waals surface area contributed by atoms with Crippen LogP contribution < -0.4 is 10.6 Å². The maximum atomic E-state index is 12.4. The Labute approximate surface area is 112 Å². The molecule has 0 radical (unpaired) electrons. The quantitative estimate of drug-likeness (QED) is 0.804. The summed E-state index contributed by atoms with van der Waals surface area (Å²) in [6, 6.07) is 8.42. The Kier molecular flexibility index (Phi) is 4.48. The first-order valence-electron chi connectivity index (χ1n) is 6.31. The van der Waals surface area contributed by atoms with E-state index in [1.165, 1.54) is 12.1 Å². The normalized spacial score (nSPS) is 15.8. The second kappa shape index (κ2) is 6.31. The van der Waals surface area contributed by atoms with Crippen molar-refractivity contribution in [1.82, 2.24) is 20.7 Å². The minimum Gasteiger partial charge on any atom is -0.340 e. The number of imide groups is 1. The predicted molar refractivity (Wildman–Crippen MR) is 71.5 cm³/mol. The average Bonchev–Trinajstić information content (AvgIpc) is 2.49. The molecule has 19 heavy (non-hydrogen) atoms. The molecule has 2 N–H and O–H groups in total. The summed E-state index contributed by atoms with van der Waals surface area (Å²) in [6.07, 6.45) is 0. The fourth-order valence-electron chi connectivity index (χ4n) is 2.01. The van der Waals surface area contributed by atoms with Gasteiger partial charge < -0.3 is 10.6 Å². The van der Waals surface area contributed by atoms with Gasteiger partial charge in [-0.15, -0.1) is 0 Å². The van der Waals surface area contributed by atoms with Gasteiger partial charge in [-0.05, 0) is 12.1 Å². The lowest BCUT2D eigenvalue weighted by Crippen LogP contribution is -2.58. The summed E-state index contributed by atoms with van der Waals surface area (Å²) >= 11 is 0. The van der Waals surface area contributed by atoms with Crippen LogP contribution in [-0.2, 0) is 0 Å². The zero-order valence-electron chi connectivity index (χ0n) is 10.9. The van der Waals surface area contributed by atoms with Gasteiger partial charge in [0.2, 0.25) is 0 Å². The first-order chi connectivity index (χ1) is 9.24. The third-order valence-electron chi connectivity index (χ3n) is 3.00. The maximum absolute atomic E-state index is 12.4. The second-order valence-electron chi connectivity index (χ2n) is 4.24. The van der Waals surface area contributed by atoms with Crippen LogP contribution in [0.2, 0.25) is 0 Å². The second-order valence-corrected chi connectivity index (χ2v) is 4.24. The third-order valence-corrected chi connectivity index (χ3v) is 3.00. The number of carbonyl (C=O) groups excluding carboxylic acids is 2. The van der Waals surface area contributed by atoms with Crippen LogP contribution in [-0.4, -0.2) is 55.2 Å². The molecule has 6 nitrogen and oxygen atoms in total. The van der Waals surface area contributed by atoms with Gasteiger partial charge in [-0.25, -0.2) is 9.80 Å². The molecule has 0 aliphatic carbocycles. The van der Waals surface area contributed by atoms with Crippen molar-refractivity contribution in [3.05, 3.63) is 35.9 Å². The van der Waals surface area contributed by atoms with Crippen LogP contribution in [0.3, 0.4) is 0 Å². The van der Waals surface area contributed by atoms with Gasteiger partial charge in [0.1, 0.15) is 0 Å². The molecule has 1 aliphatic rings. The summed E-state index contributed by atoms with van der Waals surface area (Å²) in [5.74, 6) is -0.304. The van der Waals surface area contributed by atoms with E-state index in [1.807, 2.05) is 6.07 Å². The standard InChI is InChI=1S/C13H18N4O2/c1-14-13(19)17(16-9-7-15-8-10-16)12(18)11-5-3-2-4-6-11/h2-6,15H,7-10H2,1H3,(H,14,19). The molecular weight excluding hydrogens is 244 g/mol. The number of benzene rings is 1. The highest BCUT2D eigenvalue weighted by atomic mass is 16.2. The third kappa shape index (κ3) is 3.10. The molecule has 1 aromatic carbocycles. The molecule has 3 amide bonds. The van der Waals surface area contributed by atoms with E-state index in [0.29, 0.717) is 18.7 Å². The van der Waals surface area contributed by atoms with Crippen LogP contribution in [0.4, 0.5) is 4.79 Å². The molecule has 102 valence electrons. The van der Waals surface area contributed by atoms with E-state index in [2.05, 4.69) is 10.6 Å². The monoisotopic (exact) mass is 262 g/mol. The first-order valence-corrected chi connectivity index (χ1v) is 6.31. The molecule has 1 saturated heterocycles. The van der Waals surface area contributed by atoms with Gasteiger partial charge in [0, 0.05) is 38.8 Å². The number of hydrazine groups is 1. The largest absolute Gasteiger partial charge is 0.340 e. The number of nitrogens with zero attached hydrogens (tertiary/aromatic N) is 2. The zero-order chi connectivity index (χ0) is 13.7. The molecule has 1 aliphatic heterocycles. The molecule has 0 saturated carbocycles. The average molecular weight is 262 g/mol. The highest BCUT2D eigenvalue weighted by Crippen LogP contribution is 2.09. The number of piperazine rings is 1. The van der Waals surface area contributed by atoms with Crippen molar-refractivity contribution in [3.63, 3.8) is 0 Å². The fraction of sp³-hybridized carbons (Fsp3) is 0.385. The van der Waals surface area contributed by atoms with Crippen molar-refractivity contribution in [2.45, 2.75) is 0 Å². The van der Waals surface area contributed by atoms with Gasteiger partial charge in [0.25, 0.3) is 5.91 Å². The number of hydrogen-bond acceptors (Lipinski definition) is 4. The lowest BCUT2D eigenvalue weighted by atomic mass is 10.2. The van der Waals surface area contributed by atoms with Crippen LogP contribution in [0, 0.1) is 0 Å². The molecule has 1 aromatic rings. The van der Waals surface area contributed by atoms with Crippen molar-refractivity contribution in [2.75, 3.05) is 33.2 Å². The Balaban J connectivity index is 2.22. The molecule has 1 heterocycles. The van der Waals surface area contributed by atoms with Crippen LogP contribution in [0.15, 0.2) is 30.3 Å². The summed E-state index contributed by atoms with van der Waals surface area (Å²) in [7, 11) is 1.52. The number of hydrogen-bond donors (Lipinski definition) is 2. The summed E-state index contributed by atoms with van der Waals surface area (Å²) < 4.78 is 0. The Hall–Kier alpha value is -1.92. The lowest BCUT2D eigenvalue weighted by molar-refractivity contribution is 0.00858. The van der Waals surface area contributed by atoms with E-state index >= 15 is 0 Å². The molecule has 0 spiro atoms. The van der Waals surface area contributed by atoms with Crippen molar-refractivity contribution < 1.29 is 9.59 Å². The summed E-state index contributed by atoms with van der Waals surface area (Å²) in [6.45, 7) is 2.78. The van der Waals surface area contributed by atoms with Crippen molar-refractivity contribution in [2.24, 2.45) is 0 Å². The van der Waals surface area contributed by atoms with E-state index in [4.69, 9.17) is 0 Å². The van der Waals surface area contributed by atoms with E-state index in [0.717, 1.165) is 13.1 Å². The van der Waals surface area contributed by atoms with Crippen molar-refractivity contribution >= 4 is 11.9 Å². The summed E-state index contributed by atoms with van der Waals surface area (Å²) in [5, 5.41) is 8.67. The summed E-state index contributed by atoms with van der Waals surface area (Å²) in [5.41, 5.74) is 0.504. The topological polar surface area (TPSA) is 64.7 Å². The van der Waals surface area contributed by atoms with E-state index in [9.17, 15) is 9.59 Å². The van der Waals surface area contributed by atoms with Gasteiger partial charge in [-0.1, -0.05) is 18.2 Å². The van der Waals surface area contributed by atoms with Gasteiger partial charge in [-0.3, -0.25) is 4.79 Å². The van der Waals surface area contributed by atoms with Crippen LogP contribution in [0.25, 0.3) is 0 Å². The minimum atomic E-state index is -0.407. The number of nitrogens with one attached hydrogen (secondary N) is 2. The molecule has 6 heteroatoms. The van der Waals surface area contributed by atoms with E-state index in [1.54, 1.807) is 29.3 Å². The van der Waals surface area contributed by atoms with Crippen molar-refractivity contribution in [1.29, 1.82) is 0 Å². The lowest BCUT2D eigenvalue weighted by Gasteiger charge is -2.35. The smallest absolute Gasteiger partial charge is 0.339 e. The van der Waals surface area contributed by atoms with E-state index in [-0.39, 0.29) is 5.91 Å². The molecular formula is C13H18N4O2. The molecule has 0 aromatic heterocycles. The molecule has 0 atom stereocenters. The predicted octanol–water partition coefficient (Wildman–Crippen LogP) is 0.288. The number of carbonyl (C=O) groups is 2. The Morgan fingerprint density at radius 3 is 2.42 bits per heavy atom. The molecule has 1 fully saturated rings. The van der Waals surface area contributed by atoms with Crippen molar-refractivity contribution in [3.8, 4) is 0 Å². The van der Waals surface area contributed by atoms with Crippen LogP contribution >= 0.6 is 0 Å². The molecule has 0 bridgehead atoms. The van der Waals surface area contributed by atoms with Crippen LogP contribution in [0.1, 0.15) is 10.4 Å². The van der Waals surface area contributed by atoms with Gasteiger partial charge in [0.05, 0.1) is 0 Å². The van der Waals surface area contributed by atoms with Gasteiger partial charge >= 0.3 is 6.03 Å². The number of amides is 3. The van der Waals surface area contributed by atoms with Gasteiger partial charge in [-0.2, -0.15) is 5.01 Å². The van der Waals surface area contributed by atoms with Crippen LogP contribution in [0.5, 0.6) is 0 Å². The highest BCUT2D eigenvalue weighted by Gasteiger charge is 2.29. The minimum absolute atomic E-state index is 0.304. The number of urea groups is 1. The first kappa shape index (κ1) is 13.5. The number of rotatable bonds is 2. The Morgan fingerprint density at radius 1 is 1.21 bits per heavy atom. The highest BCUT2D eigenvalue weighted by molar-refractivity contribution is 6.03. The zero-order valence-corrected chi connectivity index (χ0v) is 10.9. The summed E-state index contributed by atoms with van der Waals surface area (Å²) in [4.78, 5) is 24.4. The fourth-order valence-corrected chi connectivity index (χ4v) is 2.01. The molecule has 2 rings (SSSR count).